The van der Waals surface area contributed by atoms with Crippen LogP contribution < -0.4 is 10.6 Å². The molecule has 3 aromatic rings. The second-order valence-electron chi connectivity index (χ2n) is 6.88. The summed E-state index contributed by atoms with van der Waals surface area (Å²) < 4.78 is 1.79. The molecule has 33 heavy (non-hydrogen) atoms. The molecule has 0 saturated carbocycles. The number of amides is 2. The van der Waals surface area contributed by atoms with Crippen molar-refractivity contribution >= 4 is 64.1 Å². The van der Waals surface area contributed by atoms with Gasteiger partial charge in [-0.3, -0.25) is 9.59 Å². The SMILES string of the molecule is C=CCn1c(SCC(=O)Nc2ccc(Cl)c(Cl)c2)nnc1[C@H](C)NC(=O)c1ccccc1Cl. The van der Waals surface area contributed by atoms with Crippen molar-refractivity contribution in [2.24, 2.45) is 0 Å². The number of hydrogen-bond donors (Lipinski definition) is 2. The maximum atomic E-state index is 12.6. The third-order valence-corrected chi connectivity index (χ3v) is 6.48. The van der Waals surface area contributed by atoms with Gasteiger partial charge in [0, 0.05) is 12.2 Å². The smallest absolute Gasteiger partial charge is 0.253 e. The van der Waals surface area contributed by atoms with Gasteiger partial charge in [-0.1, -0.05) is 64.8 Å². The Balaban J connectivity index is 1.67. The van der Waals surface area contributed by atoms with Gasteiger partial charge in [-0.2, -0.15) is 0 Å². The maximum absolute atomic E-state index is 12.6. The van der Waals surface area contributed by atoms with Crippen LogP contribution in [0.1, 0.15) is 29.1 Å². The summed E-state index contributed by atoms with van der Waals surface area (Å²) in [5.74, 6) is 0.0582. The lowest BCUT2D eigenvalue weighted by atomic mass is 10.2. The minimum Gasteiger partial charge on any atom is -0.342 e. The van der Waals surface area contributed by atoms with Crippen molar-refractivity contribution in [2.45, 2.75) is 24.7 Å². The number of nitrogens with one attached hydrogen (secondary N) is 2. The largest absolute Gasteiger partial charge is 0.342 e. The summed E-state index contributed by atoms with van der Waals surface area (Å²) in [6.07, 6.45) is 1.69. The van der Waals surface area contributed by atoms with E-state index in [1.54, 1.807) is 60.0 Å². The van der Waals surface area contributed by atoms with E-state index in [1.807, 2.05) is 0 Å². The van der Waals surface area contributed by atoms with Crippen LogP contribution in [-0.4, -0.2) is 32.3 Å². The van der Waals surface area contributed by atoms with E-state index in [9.17, 15) is 9.59 Å². The average Bonchev–Trinajstić information content (AvgIpc) is 3.18. The number of benzene rings is 2. The molecular weight excluding hydrogens is 505 g/mol. The first-order chi connectivity index (χ1) is 15.8. The van der Waals surface area contributed by atoms with E-state index < -0.39 is 6.04 Å². The van der Waals surface area contributed by atoms with Gasteiger partial charge >= 0.3 is 0 Å². The Morgan fingerprint density at radius 3 is 2.58 bits per heavy atom. The highest BCUT2D eigenvalue weighted by molar-refractivity contribution is 7.99. The lowest BCUT2D eigenvalue weighted by molar-refractivity contribution is -0.113. The topological polar surface area (TPSA) is 88.9 Å². The van der Waals surface area contributed by atoms with Crippen LogP contribution in [0, 0.1) is 0 Å². The van der Waals surface area contributed by atoms with Crippen molar-refractivity contribution in [1.29, 1.82) is 0 Å². The van der Waals surface area contributed by atoms with E-state index in [0.29, 0.717) is 43.8 Å². The molecule has 0 aliphatic heterocycles. The highest BCUT2D eigenvalue weighted by atomic mass is 35.5. The van der Waals surface area contributed by atoms with Crippen LogP contribution in [0.2, 0.25) is 15.1 Å². The minimum absolute atomic E-state index is 0.0931. The number of thioether (sulfide) groups is 1. The first-order valence-corrected chi connectivity index (χ1v) is 11.9. The summed E-state index contributed by atoms with van der Waals surface area (Å²) >= 11 is 19.2. The molecule has 0 unspecified atom stereocenters. The van der Waals surface area contributed by atoms with Crippen LogP contribution >= 0.6 is 46.6 Å². The van der Waals surface area contributed by atoms with E-state index in [0.717, 1.165) is 0 Å². The highest BCUT2D eigenvalue weighted by Crippen LogP contribution is 2.26. The number of aromatic nitrogens is 3. The van der Waals surface area contributed by atoms with Crippen molar-refractivity contribution < 1.29 is 9.59 Å². The van der Waals surface area contributed by atoms with Gasteiger partial charge in [0.2, 0.25) is 5.91 Å². The molecule has 3 rings (SSSR count). The van der Waals surface area contributed by atoms with Gasteiger partial charge in [0.25, 0.3) is 5.91 Å². The molecule has 2 N–H and O–H groups in total. The second-order valence-corrected chi connectivity index (χ2v) is 9.04. The zero-order valence-electron chi connectivity index (χ0n) is 17.5. The lowest BCUT2D eigenvalue weighted by Gasteiger charge is -2.15. The summed E-state index contributed by atoms with van der Waals surface area (Å²) in [6, 6.07) is 11.2. The summed E-state index contributed by atoms with van der Waals surface area (Å²) in [6.45, 7) is 5.97. The van der Waals surface area contributed by atoms with Crippen molar-refractivity contribution in [2.75, 3.05) is 11.1 Å². The van der Waals surface area contributed by atoms with E-state index >= 15 is 0 Å². The number of hydrogen-bond acceptors (Lipinski definition) is 5. The zero-order valence-corrected chi connectivity index (χ0v) is 20.6. The average molecular weight is 525 g/mol. The predicted molar refractivity (Wildman–Crippen MR) is 133 cm³/mol. The molecule has 0 radical (unpaired) electrons. The van der Waals surface area contributed by atoms with E-state index in [-0.39, 0.29) is 17.6 Å². The minimum atomic E-state index is -0.458. The quantitative estimate of drug-likeness (QED) is 0.279. The van der Waals surface area contributed by atoms with Crippen LogP contribution in [0.4, 0.5) is 5.69 Å². The van der Waals surface area contributed by atoms with E-state index in [1.165, 1.54) is 11.8 Å². The Hall–Kier alpha value is -2.52. The molecule has 0 aliphatic carbocycles. The Morgan fingerprint density at radius 2 is 1.88 bits per heavy atom. The van der Waals surface area contributed by atoms with Crippen molar-refractivity contribution in [3.8, 4) is 0 Å². The van der Waals surface area contributed by atoms with Crippen LogP contribution in [0.25, 0.3) is 0 Å². The van der Waals surface area contributed by atoms with Gasteiger partial charge in [0.05, 0.1) is 32.4 Å². The molecule has 172 valence electrons. The molecule has 2 aromatic carbocycles. The molecule has 1 heterocycles. The van der Waals surface area contributed by atoms with Crippen LogP contribution in [0.5, 0.6) is 0 Å². The van der Waals surface area contributed by atoms with Gasteiger partial charge in [0.1, 0.15) is 0 Å². The lowest BCUT2D eigenvalue weighted by Crippen LogP contribution is -2.29. The third-order valence-electron chi connectivity index (χ3n) is 4.45. The first-order valence-electron chi connectivity index (χ1n) is 9.77. The highest BCUT2D eigenvalue weighted by Gasteiger charge is 2.21. The normalized spacial score (nSPS) is 11.6. The van der Waals surface area contributed by atoms with Crippen LogP contribution in [0.15, 0.2) is 60.3 Å². The maximum Gasteiger partial charge on any atom is 0.253 e. The second kappa shape index (κ2) is 11.6. The van der Waals surface area contributed by atoms with Crippen molar-refractivity contribution in [3.05, 3.63) is 81.6 Å². The molecule has 0 spiro atoms. The van der Waals surface area contributed by atoms with Gasteiger partial charge in [-0.05, 0) is 37.3 Å². The number of allylic oxidation sites excluding steroid dienone is 1. The molecule has 1 aromatic heterocycles. The molecule has 2 amide bonds. The first kappa shape index (κ1) is 25.1. The standard InChI is InChI=1S/C22H20Cl3N5O2S/c1-3-10-30-20(13(2)26-21(32)15-6-4-5-7-16(15)23)28-29-22(30)33-12-19(31)27-14-8-9-17(24)18(25)11-14/h3-9,11,13H,1,10,12H2,2H3,(H,26,32)(H,27,31)/t13-/m0/s1. The molecule has 0 bridgehead atoms. The fraction of sp³-hybridized carbons (Fsp3) is 0.182. The number of carbonyl (C=O) groups excluding carboxylic acids is 2. The van der Waals surface area contributed by atoms with E-state index in [2.05, 4.69) is 27.4 Å². The van der Waals surface area contributed by atoms with Crippen LogP contribution in [0.3, 0.4) is 0 Å². The Kier molecular flexibility index (Phi) is 8.80. The molecule has 0 aliphatic rings. The number of carbonyl (C=O) groups is 2. The van der Waals surface area contributed by atoms with Crippen molar-refractivity contribution in [3.63, 3.8) is 0 Å². The van der Waals surface area contributed by atoms with Gasteiger partial charge in [-0.15, -0.1) is 16.8 Å². The predicted octanol–water partition coefficient (Wildman–Crippen LogP) is 5.65. The van der Waals surface area contributed by atoms with Gasteiger partial charge in [-0.25, -0.2) is 0 Å². The summed E-state index contributed by atoms with van der Waals surface area (Å²) in [4.78, 5) is 25.0. The number of anilines is 1. The third kappa shape index (κ3) is 6.51. The zero-order chi connectivity index (χ0) is 24.0. The van der Waals surface area contributed by atoms with Crippen molar-refractivity contribution in [1.82, 2.24) is 20.1 Å². The summed E-state index contributed by atoms with van der Waals surface area (Å²) in [5, 5.41) is 15.7. The molecule has 0 fully saturated rings. The molecule has 0 saturated heterocycles. The van der Waals surface area contributed by atoms with Crippen LogP contribution in [-0.2, 0) is 11.3 Å². The summed E-state index contributed by atoms with van der Waals surface area (Å²) in [5.41, 5.74) is 0.911. The Morgan fingerprint density at radius 1 is 1.12 bits per heavy atom. The molecule has 11 heteroatoms. The number of rotatable bonds is 9. The number of nitrogens with zero attached hydrogens (tertiary/aromatic N) is 3. The Bertz CT molecular complexity index is 1180. The summed E-state index contributed by atoms with van der Waals surface area (Å²) in [7, 11) is 0. The Labute approximate surface area is 210 Å². The van der Waals surface area contributed by atoms with Gasteiger partial charge < -0.3 is 15.2 Å². The fourth-order valence-corrected chi connectivity index (χ4v) is 4.19. The molecular formula is C22H20Cl3N5O2S. The van der Waals surface area contributed by atoms with E-state index in [4.69, 9.17) is 34.8 Å². The molecule has 7 nitrogen and oxygen atoms in total. The van der Waals surface area contributed by atoms with Gasteiger partial charge in [0.15, 0.2) is 11.0 Å². The molecule has 1 atom stereocenters. The fourth-order valence-electron chi connectivity index (χ4n) is 2.91. The monoisotopic (exact) mass is 523 g/mol. The number of halogens is 3.